The number of thiophene rings is 2. The van der Waals surface area contributed by atoms with Crippen molar-refractivity contribution in [3.63, 3.8) is 0 Å². The van der Waals surface area contributed by atoms with Gasteiger partial charge in [-0.1, -0.05) is 17.7 Å². The van der Waals surface area contributed by atoms with Crippen LogP contribution in [0.1, 0.15) is 4.88 Å². The van der Waals surface area contributed by atoms with Gasteiger partial charge in [0.25, 0.3) is 0 Å². The molecular weight excluding hydrogens is 318 g/mol. The summed E-state index contributed by atoms with van der Waals surface area (Å²) in [5.41, 5.74) is 0. The van der Waals surface area contributed by atoms with Crippen molar-refractivity contribution in [1.82, 2.24) is 14.8 Å². The van der Waals surface area contributed by atoms with Gasteiger partial charge in [-0.25, -0.2) is 0 Å². The Bertz CT molecular complexity index is 724. The molecule has 0 unspecified atom stereocenters. The molecule has 3 heterocycles. The molecule has 3 aromatic heterocycles. The van der Waals surface area contributed by atoms with Crippen LogP contribution in [0.4, 0.5) is 0 Å². The summed E-state index contributed by atoms with van der Waals surface area (Å²) in [4.78, 5) is 2.38. The van der Waals surface area contributed by atoms with Crippen LogP contribution in [-0.4, -0.2) is 14.8 Å². The fraction of sp³-hybridized carbons (Fsp3) is 0.167. The predicted octanol–water partition coefficient (Wildman–Crippen LogP) is 4.63. The molecule has 98 valence electrons. The van der Waals surface area contributed by atoms with Gasteiger partial charge in [0.05, 0.1) is 9.21 Å². The lowest BCUT2D eigenvalue weighted by molar-refractivity contribution is 0.698. The van der Waals surface area contributed by atoms with E-state index in [0.29, 0.717) is 4.77 Å². The first-order valence-electron chi connectivity index (χ1n) is 5.67. The predicted molar refractivity (Wildman–Crippen MR) is 83.8 cm³/mol. The second-order valence-electron chi connectivity index (χ2n) is 3.94. The molecule has 1 N–H and O–H groups in total. The lowest BCUT2D eigenvalue weighted by Crippen LogP contribution is -2.02. The average molecular weight is 328 g/mol. The third-order valence-corrected chi connectivity index (χ3v) is 5.18. The summed E-state index contributed by atoms with van der Waals surface area (Å²) in [5, 5.41) is 9.21. The van der Waals surface area contributed by atoms with Crippen LogP contribution in [-0.2, 0) is 13.0 Å². The van der Waals surface area contributed by atoms with Crippen molar-refractivity contribution in [2.24, 2.45) is 0 Å². The molecule has 0 aliphatic rings. The molecular formula is C12H10ClN3S3. The van der Waals surface area contributed by atoms with Crippen LogP contribution in [0.2, 0.25) is 4.34 Å². The molecule has 0 bridgehead atoms. The van der Waals surface area contributed by atoms with E-state index < -0.39 is 0 Å². The molecule has 0 spiro atoms. The number of nitrogens with one attached hydrogen (secondary N) is 1. The molecule has 3 aromatic rings. The summed E-state index contributed by atoms with van der Waals surface area (Å²) in [6, 6.07) is 8.05. The zero-order valence-electron chi connectivity index (χ0n) is 9.80. The van der Waals surface area contributed by atoms with Crippen LogP contribution < -0.4 is 0 Å². The van der Waals surface area contributed by atoms with Crippen LogP contribution in [0.3, 0.4) is 0 Å². The highest BCUT2D eigenvalue weighted by Gasteiger charge is 2.10. The van der Waals surface area contributed by atoms with Gasteiger partial charge in [0.1, 0.15) is 0 Å². The molecule has 0 atom stereocenters. The van der Waals surface area contributed by atoms with Gasteiger partial charge in [0.15, 0.2) is 10.6 Å². The minimum absolute atomic E-state index is 0.658. The summed E-state index contributed by atoms with van der Waals surface area (Å²) in [6.45, 7) is 0.805. The summed E-state index contributed by atoms with van der Waals surface area (Å²) in [5.74, 6) is 0.905. The first-order valence-corrected chi connectivity index (χ1v) is 8.15. The second-order valence-corrected chi connectivity index (χ2v) is 7.07. The van der Waals surface area contributed by atoms with Gasteiger partial charge in [-0.2, -0.15) is 5.10 Å². The van der Waals surface area contributed by atoms with E-state index >= 15 is 0 Å². The monoisotopic (exact) mass is 327 g/mol. The zero-order chi connectivity index (χ0) is 13.2. The van der Waals surface area contributed by atoms with Gasteiger partial charge < -0.3 is 0 Å². The third-order valence-electron chi connectivity index (χ3n) is 2.71. The Labute approximate surface area is 128 Å². The molecule has 19 heavy (non-hydrogen) atoms. The lowest BCUT2D eigenvalue weighted by Gasteiger charge is -2.04. The molecule has 0 amide bonds. The SMILES string of the molecule is S=c1[nH]nc(-c2cccs2)n1CCc1ccc(Cl)s1. The molecule has 3 rings (SSSR count). The summed E-state index contributed by atoms with van der Waals surface area (Å²) in [7, 11) is 0. The smallest absolute Gasteiger partial charge is 0.195 e. The number of hydrogen-bond donors (Lipinski definition) is 1. The molecule has 3 nitrogen and oxygen atoms in total. The van der Waals surface area contributed by atoms with E-state index in [-0.39, 0.29) is 0 Å². The molecule has 0 fully saturated rings. The van der Waals surface area contributed by atoms with Crippen LogP contribution in [0.25, 0.3) is 10.7 Å². The third kappa shape index (κ3) is 2.81. The van der Waals surface area contributed by atoms with E-state index in [1.165, 1.54) is 4.88 Å². The van der Waals surface area contributed by atoms with E-state index in [1.807, 2.05) is 28.1 Å². The second kappa shape index (κ2) is 5.58. The van der Waals surface area contributed by atoms with Crippen molar-refractivity contribution in [2.45, 2.75) is 13.0 Å². The Morgan fingerprint density at radius 2 is 2.26 bits per heavy atom. The van der Waals surface area contributed by atoms with E-state index in [9.17, 15) is 0 Å². The first-order chi connectivity index (χ1) is 9.24. The number of aromatic nitrogens is 3. The number of hydrogen-bond acceptors (Lipinski definition) is 4. The maximum absolute atomic E-state index is 5.94. The van der Waals surface area contributed by atoms with Crippen LogP contribution in [0.5, 0.6) is 0 Å². The van der Waals surface area contributed by atoms with Gasteiger partial charge in [-0.3, -0.25) is 9.67 Å². The number of rotatable bonds is 4. The first kappa shape index (κ1) is 13.1. The standard InChI is InChI=1S/C12H10ClN3S3/c13-10-4-3-8(19-10)5-6-16-11(14-15-12(16)17)9-2-1-7-18-9/h1-4,7H,5-6H2,(H,15,17). The van der Waals surface area contributed by atoms with E-state index in [1.54, 1.807) is 22.7 Å². The minimum Gasteiger partial charge on any atom is -0.299 e. The van der Waals surface area contributed by atoms with E-state index in [4.69, 9.17) is 23.8 Å². The fourth-order valence-corrected chi connectivity index (χ4v) is 3.85. The van der Waals surface area contributed by atoms with Crippen molar-refractivity contribution in [3.05, 3.63) is 43.6 Å². The summed E-state index contributed by atoms with van der Waals surface area (Å²) in [6.07, 6.45) is 0.906. The van der Waals surface area contributed by atoms with Gasteiger partial charge in [0.2, 0.25) is 0 Å². The fourth-order valence-electron chi connectivity index (χ4n) is 1.83. The number of aryl methyl sites for hydroxylation is 1. The van der Waals surface area contributed by atoms with Gasteiger partial charge in [-0.15, -0.1) is 22.7 Å². The normalized spacial score (nSPS) is 11.0. The summed E-state index contributed by atoms with van der Waals surface area (Å²) >= 11 is 14.5. The molecule has 0 saturated heterocycles. The summed E-state index contributed by atoms with van der Waals surface area (Å²) < 4.78 is 3.52. The number of aromatic amines is 1. The van der Waals surface area contributed by atoms with Gasteiger partial charge in [-0.05, 0) is 42.2 Å². The molecule has 0 radical (unpaired) electrons. The Morgan fingerprint density at radius 3 is 2.95 bits per heavy atom. The molecule has 0 aliphatic carbocycles. The molecule has 7 heteroatoms. The van der Waals surface area contributed by atoms with Crippen LogP contribution in [0.15, 0.2) is 29.6 Å². The lowest BCUT2D eigenvalue weighted by atomic mass is 10.3. The quantitative estimate of drug-likeness (QED) is 0.709. The largest absolute Gasteiger partial charge is 0.299 e. The van der Waals surface area contributed by atoms with Crippen molar-refractivity contribution in [1.29, 1.82) is 0 Å². The number of nitrogens with zero attached hydrogens (tertiary/aromatic N) is 2. The van der Waals surface area contributed by atoms with Crippen molar-refractivity contribution >= 4 is 46.5 Å². The van der Waals surface area contributed by atoms with Crippen molar-refractivity contribution in [2.75, 3.05) is 0 Å². The Balaban J connectivity index is 1.85. The topological polar surface area (TPSA) is 33.6 Å². The Kier molecular flexibility index (Phi) is 3.83. The van der Waals surface area contributed by atoms with Crippen molar-refractivity contribution < 1.29 is 0 Å². The van der Waals surface area contributed by atoms with Crippen LogP contribution >= 0.6 is 46.5 Å². The minimum atomic E-state index is 0.658. The maximum Gasteiger partial charge on any atom is 0.195 e. The Morgan fingerprint density at radius 1 is 1.37 bits per heavy atom. The highest BCUT2D eigenvalue weighted by atomic mass is 35.5. The van der Waals surface area contributed by atoms with Crippen LogP contribution in [0, 0.1) is 4.77 Å². The molecule has 0 aliphatic heterocycles. The number of halogens is 1. The van der Waals surface area contributed by atoms with Gasteiger partial charge >= 0.3 is 0 Å². The molecule has 0 saturated carbocycles. The average Bonchev–Trinajstić information content (AvgIpc) is 3.08. The maximum atomic E-state index is 5.94. The van der Waals surface area contributed by atoms with Crippen molar-refractivity contribution in [3.8, 4) is 10.7 Å². The van der Waals surface area contributed by atoms with E-state index in [2.05, 4.69) is 16.3 Å². The number of H-pyrrole nitrogens is 1. The molecule has 0 aromatic carbocycles. The van der Waals surface area contributed by atoms with E-state index in [0.717, 1.165) is 28.0 Å². The zero-order valence-corrected chi connectivity index (χ0v) is 13.0. The Hall–Kier alpha value is -0.950. The highest BCUT2D eigenvalue weighted by molar-refractivity contribution is 7.71. The highest BCUT2D eigenvalue weighted by Crippen LogP contribution is 2.25. The van der Waals surface area contributed by atoms with Gasteiger partial charge in [0, 0.05) is 11.4 Å².